The third kappa shape index (κ3) is 5.62. The van der Waals surface area contributed by atoms with Gasteiger partial charge in [0.15, 0.2) is 9.49 Å². The van der Waals surface area contributed by atoms with Crippen molar-refractivity contribution in [2.24, 2.45) is 21.9 Å². The Kier molecular flexibility index (Phi) is 10.0. The third-order valence-corrected chi connectivity index (χ3v) is 14.0. The summed E-state index contributed by atoms with van der Waals surface area (Å²) in [6, 6.07) is 20.8. The SMILES string of the molecule is CCc1cc(-c2cc(CC)c(C3(S(=O)(=O)O)CC(=NN)C(=N)c4ccccc43)c(CC)c2)cc(CC)c1C1(S(=O)(=O)O)CC(=NN)C(=N)c2ccccc21. The number of hydrazone groups is 2. The highest BCUT2D eigenvalue weighted by Crippen LogP contribution is 2.51. The molecule has 0 aliphatic heterocycles. The first-order valence-corrected chi connectivity index (χ1v) is 20.7. The van der Waals surface area contributed by atoms with Crippen molar-refractivity contribution in [1.29, 1.82) is 10.8 Å². The molecule has 54 heavy (non-hydrogen) atoms. The minimum absolute atomic E-state index is 0.00989. The zero-order valence-electron chi connectivity index (χ0n) is 30.6. The zero-order valence-corrected chi connectivity index (χ0v) is 32.2. The largest absolute Gasteiger partial charge is 0.323 e. The second-order valence-corrected chi connectivity index (χ2v) is 17.0. The molecule has 8 N–H and O–H groups in total. The van der Waals surface area contributed by atoms with Gasteiger partial charge in [-0.1, -0.05) is 100 Å². The molecule has 2 aliphatic carbocycles. The molecule has 0 aromatic heterocycles. The molecule has 0 spiro atoms. The minimum atomic E-state index is -4.91. The molecule has 0 fully saturated rings. The van der Waals surface area contributed by atoms with E-state index in [0.717, 1.165) is 11.1 Å². The summed E-state index contributed by atoms with van der Waals surface area (Å²) in [5.41, 5.74) is 6.14. The van der Waals surface area contributed by atoms with Crippen molar-refractivity contribution >= 4 is 43.1 Å². The van der Waals surface area contributed by atoms with Gasteiger partial charge < -0.3 is 11.7 Å². The predicted molar refractivity (Wildman–Crippen MR) is 213 cm³/mol. The van der Waals surface area contributed by atoms with E-state index in [1.165, 1.54) is 0 Å². The van der Waals surface area contributed by atoms with Gasteiger partial charge in [-0.25, -0.2) is 0 Å². The Hall–Kier alpha value is -5.02. The first-order valence-electron chi connectivity index (χ1n) is 17.8. The van der Waals surface area contributed by atoms with E-state index in [-0.39, 0.29) is 46.8 Å². The van der Waals surface area contributed by atoms with Gasteiger partial charge in [0.1, 0.15) is 0 Å². The Bertz CT molecular complexity index is 2300. The number of nitrogens with one attached hydrogen (secondary N) is 2. The van der Waals surface area contributed by atoms with Crippen LogP contribution in [-0.2, 0) is 55.4 Å². The van der Waals surface area contributed by atoms with Gasteiger partial charge in [-0.2, -0.15) is 27.0 Å². The lowest BCUT2D eigenvalue weighted by molar-refractivity contribution is 0.443. The molecular formula is C40H44N6O6S2. The van der Waals surface area contributed by atoms with E-state index in [0.29, 0.717) is 70.2 Å². The topological polar surface area (TPSA) is 233 Å². The summed E-state index contributed by atoms with van der Waals surface area (Å²) in [6.07, 6.45) is 0.872. The second-order valence-electron chi connectivity index (χ2n) is 13.7. The van der Waals surface area contributed by atoms with E-state index in [4.69, 9.17) is 22.5 Å². The van der Waals surface area contributed by atoms with Crippen LogP contribution < -0.4 is 11.7 Å². The summed E-state index contributed by atoms with van der Waals surface area (Å²) >= 11 is 0. The van der Waals surface area contributed by atoms with E-state index in [1.54, 1.807) is 48.5 Å². The number of hydrogen-bond donors (Lipinski definition) is 6. The van der Waals surface area contributed by atoms with Crippen LogP contribution in [0.4, 0.5) is 0 Å². The van der Waals surface area contributed by atoms with Gasteiger partial charge in [0.05, 0.1) is 22.8 Å². The summed E-state index contributed by atoms with van der Waals surface area (Å²) < 4.78 is 73.8. The fourth-order valence-corrected chi connectivity index (χ4v) is 11.3. The van der Waals surface area contributed by atoms with Crippen molar-refractivity contribution in [2.75, 3.05) is 0 Å². The van der Waals surface area contributed by atoms with Crippen molar-refractivity contribution < 1.29 is 25.9 Å². The quantitative estimate of drug-likeness (QED) is 0.0666. The molecule has 0 saturated heterocycles. The van der Waals surface area contributed by atoms with Gasteiger partial charge >= 0.3 is 0 Å². The molecule has 0 bridgehead atoms. The highest BCUT2D eigenvalue weighted by atomic mass is 32.2. The Morgan fingerprint density at radius 1 is 0.593 bits per heavy atom. The van der Waals surface area contributed by atoms with Crippen molar-refractivity contribution in [1.82, 2.24) is 0 Å². The van der Waals surface area contributed by atoms with Gasteiger partial charge in [0.2, 0.25) is 0 Å². The fraction of sp³-hybridized carbons (Fsp3) is 0.300. The Morgan fingerprint density at radius 2 is 0.889 bits per heavy atom. The molecule has 2 aliphatic rings. The number of nitrogens with zero attached hydrogens (tertiary/aromatic N) is 2. The second kappa shape index (κ2) is 14.0. The van der Waals surface area contributed by atoms with Crippen LogP contribution in [-0.4, -0.2) is 48.8 Å². The standard InChI is InChI=1S/C40H44N6O6S2/c1-5-23-17-27(18-24(6-2)35(23)39(53(47,48)49)21-33(45-43)37(41)29-13-9-11-15-31(29)39)28-19-25(7-3)36(26(8-4)20-28)40(54(50,51)52)22-34(46-44)38(42)30-14-10-12-16-32(30)40/h9-20,41-42H,5-8,21-22,43-44H2,1-4H3,(H,47,48,49)(H,50,51,52). The average molecular weight is 769 g/mol. The van der Waals surface area contributed by atoms with Gasteiger partial charge in [-0.15, -0.1) is 0 Å². The van der Waals surface area contributed by atoms with E-state index in [1.807, 2.05) is 52.0 Å². The molecule has 12 nitrogen and oxygen atoms in total. The molecule has 6 rings (SSSR count). The van der Waals surface area contributed by atoms with Crippen LogP contribution in [0.3, 0.4) is 0 Å². The lowest BCUT2D eigenvalue weighted by Crippen LogP contribution is -2.47. The molecule has 4 aromatic rings. The predicted octanol–water partition coefficient (Wildman–Crippen LogP) is 6.04. The Labute approximate surface area is 315 Å². The van der Waals surface area contributed by atoms with Crippen LogP contribution in [0.5, 0.6) is 0 Å². The fourth-order valence-electron chi connectivity index (χ4n) is 8.66. The summed E-state index contributed by atoms with van der Waals surface area (Å²) in [5, 5.41) is 25.1. The van der Waals surface area contributed by atoms with Crippen molar-refractivity contribution in [3.05, 3.63) is 128 Å². The van der Waals surface area contributed by atoms with Gasteiger partial charge in [0.25, 0.3) is 20.2 Å². The molecular weight excluding hydrogens is 725 g/mol. The molecule has 0 amide bonds. The number of aryl methyl sites for hydroxylation is 4. The van der Waals surface area contributed by atoms with E-state index >= 15 is 0 Å². The van der Waals surface area contributed by atoms with Gasteiger partial charge in [-0.3, -0.25) is 19.9 Å². The first-order chi connectivity index (χ1) is 25.6. The summed E-state index contributed by atoms with van der Waals surface area (Å²) in [7, 11) is -9.81. The normalized spacial score (nSPS) is 21.7. The highest BCUT2D eigenvalue weighted by molar-refractivity contribution is 7.87. The van der Waals surface area contributed by atoms with Crippen LogP contribution in [0.15, 0.2) is 83.0 Å². The van der Waals surface area contributed by atoms with Crippen molar-refractivity contribution in [2.45, 2.75) is 75.7 Å². The van der Waals surface area contributed by atoms with Crippen LogP contribution in [0.25, 0.3) is 11.1 Å². The van der Waals surface area contributed by atoms with Gasteiger partial charge in [0, 0.05) is 24.0 Å². The van der Waals surface area contributed by atoms with E-state index in [2.05, 4.69) is 10.2 Å². The van der Waals surface area contributed by atoms with Crippen LogP contribution >= 0.6 is 0 Å². The third-order valence-electron chi connectivity index (χ3n) is 11.1. The van der Waals surface area contributed by atoms with Crippen molar-refractivity contribution in [3.8, 4) is 11.1 Å². The van der Waals surface area contributed by atoms with E-state index in [9.17, 15) is 25.9 Å². The number of hydrogen-bond acceptors (Lipinski definition) is 10. The van der Waals surface area contributed by atoms with Crippen molar-refractivity contribution in [3.63, 3.8) is 0 Å². The Balaban J connectivity index is 1.66. The van der Waals surface area contributed by atoms with Gasteiger partial charge in [-0.05, 0) is 81.3 Å². The number of rotatable bonds is 9. The molecule has 14 heteroatoms. The lowest BCUT2D eigenvalue weighted by Gasteiger charge is -2.40. The molecule has 4 aromatic carbocycles. The number of nitrogens with two attached hydrogens (primary N) is 2. The minimum Gasteiger partial charge on any atom is -0.323 e. The van der Waals surface area contributed by atoms with Crippen LogP contribution in [0.2, 0.25) is 0 Å². The summed E-state index contributed by atoms with van der Waals surface area (Å²) in [6.45, 7) is 7.60. The maximum absolute atomic E-state index is 13.8. The number of benzene rings is 4. The van der Waals surface area contributed by atoms with E-state index < -0.39 is 29.7 Å². The maximum atomic E-state index is 13.8. The zero-order chi connectivity index (χ0) is 39.4. The van der Waals surface area contributed by atoms with Crippen LogP contribution in [0.1, 0.15) is 96.2 Å². The first kappa shape index (κ1) is 38.7. The molecule has 282 valence electrons. The molecule has 0 saturated carbocycles. The average Bonchev–Trinajstić information content (AvgIpc) is 3.16. The van der Waals surface area contributed by atoms with Crippen LogP contribution in [0, 0.1) is 10.8 Å². The summed E-state index contributed by atoms with van der Waals surface area (Å²) in [5.74, 6) is 11.5. The smallest absolute Gasteiger partial charge is 0.279 e. The summed E-state index contributed by atoms with van der Waals surface area (Å²) in [4.78, 5) is 0. The Morgan fingerprint density at radius 3 is 1.15 bits per heavy atom. The maximum Gasteiger partial charge on any atom is 0.279 e. The highest BCUT2D eigenvalue weighted by Gasteiger charge is 2.55. The lowest BCUT2D eigenvalue weighted by atomic mass is 9.71. The number of fused-ring (bicyclic) bond motifs is 2. The molecule has 0 radical (unpaired) electrons. The molecule has 0 heterocycles. The monoisotopic (exact) mass is 768 g/mol. The molecule has 2 atom stereocenters. The molecule has 2 unspecified atom stereocenters.